The zero-order chi connectivity index (χ0) is 15.1. The number of nitrogens with one attached hydrogen (secondary N) is 1. The highest BCUT2D eigenvalue weighted by Gasteiger charge is 2.22. The van der Waals surface area contributed by atoms with Crippen LogP contribution in [0, 0.1) is 6.92 Å². The van der Waals surface area contributed by atoms with E-state index < -0.39 is 24.6 Å². The lowest BCUT2D eigenvalue weighted by molar-refractivity contribution is -0.140. The Labute approximate surface area is 117 Å². The van der Waals surface area contributed by atoms with Crippen molar-refractivity contribution in [3.05, 3.63) is 29.6 Å². The molecule has 0 unspecified atom stereocenters. The average molecular weight is 281 g/mol. The Morgan fingerprint density at radius 1 is 1.45 bits per heavy atom. The fourth-order valence-electron chi connectivity index (χ4n) is 1.64. The maximum Gasteiger partial charge on any atom is 0.328 e. The number of aromatic nitrogens is 1. The van der Waals surface area contributed by atoms with Crippen LogP contribution in [0.3, 0.4) is 0 Å². The summed E-state index contributed by atoms with van der Waals surface area (Å²) in [6.07, 6.45) is 0. The van der Waals surface area contributed by atoms with E-state index in [1.54, 1.807) is 13.0 Å². The number of aliphatic hydroxyl groups is 1. The summed E-state index contributed by atoms with van der Waals surface area (Å²) < 4.78 is 0. The van der Waals surface area contributed by atoms with Crippen molar-refractivity contribution >= 4 is 12.0 Å². The molecular weight excluding hydrogens is 262 g/mol. The van der Waals surface area contributed by atoms with E-state index in [9.17, 15) is 9.59 Å². The topological polar surface area (TPSA) is 103 Å². The minimum atomic E-state index is -1.30. The first kappa shape index (κ1) is 15.9. The van der Waals surface area contributed by atoms with Crippen molar-refractivity contribution in [1.82, 2.24) is 15.2 Å². The first-order valence-corrected chi connectivity index (χ1v) is 6.29. The number of pyridine rings is 1. The van der Waals surface area contributed by atoms with E-state index in [0.29, 0.717) is 6.54 Å². The van der Waals surface area contributed by atoms with Gasteiger partial charge in [-0.25, -0.2) is 9.59 Å². The molecule has 0 saturated carbocycles. The van der Waals surface area contributed by atoms with Crippen LogP contribution in [0.1, 0.15) is 18.3 Å². The van der Waals surface area contributed by atoms with E-state index in [4.69, 9.17) is 10.2 Å². The maximum atomic E-state index is 11.9. The molecule has 1 heterocycles. The number of urea groups is 1. The summed E-state index contributed by atoms with van der Waals surface area (Å²) in [4.78, 5) is 28.4. The largest absolute Gasteiger partial charge is 0.480 e. The Kier molecular flexibility index (Phi) is 5.92. The molecule has 0 saturated heterocycles. The molecule has 110 valence electrons. The molecule has 0 aliphatic carbocycles. The van der Waals surface area contributed by atoms with Gasteiger partial charge in [0.25, 0.3) is 0 Å². The van der Waals surface area contributed by atoms with Gasteiger partial charge in [-0.1, -0.05) is 6.07 Å². The molecule has 1 aromatic rings. The SMILES string of the molecule is CCN(Cc1cccc(C)n1)C(=O)N[C@H](CO)C(=O)O. The van der Waals surface area contributed by atoms with E-state index in [2.05, 4.69) is 10.3 Å². The monoisotopic (exact) mass is 281 g/mol. The quantitative estimate of drug-likeness (QED) is 0.699. The molecule has 0 bridgehead atoms. The fraction of sp³-hybridized carbons (Fsp3) is 0.462. The third kappa shape index (κ3) is 4.51. The van der Waals surface area contributed by atoms with Crippen LogP contribution in [0.2, 0.25) is 0 Å². The van der Waals surface area contributed by atoms with Crippen molar-refractivity contribution in [2.24, 2.45) is 0 Å². The van der Waals surface area contributed by atoms with Gasteiger partial charge >= 0.3 is 12.0 Å². The summed E-state index contributed by atoms with van der Waals surface area (Å²) in [6, 6.07) is 3.65. The number of carbonyl (C=O) groups excluding carboxylic acids is 1. The summed E-state index contributed by atoms with van der Waals surface area (Å²) in [5.74, 6) is -1.27. The summed E-state index contributed by atoms with van der Waals surface area (Å²) in [5.41, 5.74) is 1.57. The van der Waals surface area contributed by atoms with Crippen LogP contribution >= 0.6 is 0 Å². The Hall–Kier alpha value is -2.15. The van der Waals surface area contributed by atoms with Crippen LogP contribution in [-0.4, -0.2) is 51.3 Å². The van der Waals surface area contributed by atoms with E-state index in [1.807, 2.05) is 19.1 Å². The minimum Gasteiger partial charge on any atom is -0.480 e. The van der Waals surface area contributed by atoms with E-state index in [0.717, 1.165) is 11.4 Å². The van der Waals surface area contributed by atoms with Crippen LogP contribution in [0.5, 0.6) is 0 Å². The standard InChI is InChI=1S/C13H19N3O4/c1-3-16(7-10-6-4-5-9(2)14-10)13(20)15-11(8-17)12(18)19/h4-6,11,17H,3,7-8H2,1-2H3,(H,15,20)(H,18,19)/t11-/m1/s1. The number of aliphatic carboxylic acids is 1. The molecule has 7 nitrogen and oxygen atoms in total. The number of aliphatic hydroxyl groups excluding tert-OH is 1. The van der Waals surface area contributed by atoms with Gasteiger partial charge in [-0.05, 0) is 26.0 Å². The molecule has 1 rings (SSSR count). The first-order valence-electron chi connectivity index (χ1n) is 6.29. The molecule has 0 fully saturated rings. The number of hydrogen-bond donors (Lipinski definition) is 3. The van der Waals surface area contributed by atoms with Gasteiger partial charge in [-0.15, -0.1) is 0 Å². The maximum absolute atomic E-state index is 11.9. The van der Waals surface area contributed by atoms with Gasteiger partial charge in [0.15, 0.2) is 6.04 Å². The van der Waals surface area contributed by atoms with Crippen LogP contribution in [0.25, 0.3) is 0 Å². The van der Waals surface area contributed by atoms with Crippen molar-refractivity contribution < 1.29 is 19.8 Å². The lowest BCUT2D eigenvalue weighted by Crippen LogP contribution is -2.49. The van der Waals surface area contributed by atoms with Gasteiger partial charge in [-0.3, -0.25) is 4.98 Å². The van der Waals surface area contributed by atoms with Gasteiger partial charge in [0, 0.05) is 12.2 Å². The number of hydrogen-bond acceptors (Lipinski definition) is 4. The average Bonchev–Trinajstić information content (AvgIpc) is 2.41. The van der Waals surface area contributed by atoms with Crippen LogP contribution < -0.4 is 5.32 Å². The molecule has 1 aromatic heterocycles. The number of aryl methyl sites for hydroxylation is 1. The Morgan fingerprint density at radius 2 is 2.15 bits per heavy atom. The van der Waals surface area contributed by atoms with Crippen molar-refractivity contribution in [3.63, 3.8) is 0 Å². The molecular formula is C13H19N3O4. The van der Waals surface area contributed by atoms with E-state index in [1.165, 1.54) is 4.90 Å². The second-order valence-corrected chi connectivity index (χ2v) is 4.31. The molecule has 0 aliphatic heterocycles. The fourth-order valence-corrected chi connectivity index (χ4v) is 1.64. The third-order valence-corrected chi connectivity index (χ3v) is 2.75. The van der Waals surface area contributed by atoms with Crippen molar-refractivity contribution in [3.8, 4) is 0 Å². The Bertz CT molecular complexity index is 478. The predicted molar refractivity (Wildman–Crippen MR) is 72.1 cm³/mol. The number of carboxylic acids is 1. The van der Waals surface area contributed by atoms with Crippen molar-refractivity contribution in [1.29, 1.82) is 0 Å². The lowest BCUT2D eigenvalue weighted by Gasteiger charge is -2.23. The predicted octanol–water partition coefficient (Wildman–Crippen LogP) is 0.367. The zero-order valence-electron chi connectivity index (χ0n) is 11.5. The highest BCUT2D eigenvalue weighted by Crippen LogP contribution is 2.04. The van der Waals surface area contributed by atoms with Gasteiger partial charge in [0.05, 0.1) is 18.8 Å². The normalized spacial score (nSPS) is 11.8. The third-order valence-electron chi connectivity index (χ3n) is 2.75. The number of rotatable bonds is 6. The molecule has 1 atom stereocenters. The highest BCUT2D eigenvalue weighted by molar-refractivity contribution is 5.82. The molecule has 3 N–H and O–H groups in total. The second kappa shape index (κ2) is 7.44. The Balaban J connectivity index is 2.70. The first-order chi connectivity index (χ1) is 9.47. The molecule has 2 amide bonds. The number of carboxylic acid groups (broad SMARTS) is 1. The summed E-state index contributed by atoms with van der Waals surface area (Å²) in [7, 11) is 0. The summed E-state index contributed by atoms with van der Waals surface area (Å²) in [5, 5.41) is 20.0. The van der Waals surface area contributed by atoms with Gasteiger partial charge in [0.1, 0.15) is 0 Å². The minimum absolute atomic E-state index is 0.280. The molecule has 20 heavy (non-hydrogen) atoms. The lowest BCUT2D eigenvalue weighted by atomic mass is 10.3. The van der Waals surface area contributed by atoms with Crippen molar-refractivity contribution in [2.75, 3.05) is 13.2 Å². The molecule has 0 radical (unpaired) electrons. The molecule has 7 heteroatoms. The van der Waals surface area contributed by atoms with E-state index in [-0.39, 0.29) is 6.54 Å². The van der Waals surface area contributed by atoms with E-state index >= 15 is 0 Å². The van der Waals surface area contributed by atoms with Gasteiger partial charge in [0.2, 0.25) is 0 Å². The second-order valence-electron chi connectivity index (χ2n) is 4.31. The number of carbonyl (C=O) groups is 2. The summed E-state index contributed by atoms with van der Waals surface area (Å²) >= 11 is 0. The number of nitrogens with zero attached hydrogens (tertiary/aromatic N) is 2. The molecule has 0 spiro atoms. The molecule has 0 aliphatic rings. The zero-order valence-corrected chi connectivity index (χ0v) is 11.5. The summed E-state index contributed by atoms with van der Waals surface area (Å²) in [6.45, 7) is 3.67. The highest BCUT2D eigenvalue weighted by atomic mass is 16.4. The molecule has 0 aromatic carbocycles. The number of amides is 2. The van der Waals surface area contributed by atoms with Crippen LogP contribution in [0.4, 0.5) is 4.79 Å². The smallest absolute Gasteiger partial charge is 0.328 e. The van der Waals surface area contributed by atoms with Crippen molar-refractivity contribution in [2.45, 2.75) is 26.4 Å². The Morgan fingerprint density at radius 3 is 2.65 bits per heavy atom. The van der Waals surface area contributed by atoms with Crippen LogP contribution in [0.15, 0.2) is 18.2 Å². The van der Waals surface area contributed by atoms with Crippen LogP contribution in [-0.2, 0) is 11.3 Å². The van der Waals surface area contributed by atoms with Gasteiger partial charge < -0.3 is 20.4 Å². The van der Waals surface area contributed by atoms with Gasteiger partial charge in [-0.2, -0.15) is 0 Å².